The second kappa shape index (κ2) is 4.84. The molecule has 17 heavy (non-hydrogen) atoms. The molecular weight excluding hydrogens is 219 g/mol. The number of nitrogens with zero attached hydrogens (tertiary/aromatic N) is 1. The van der Waals surface area contributed by atoms with Gasteiger partial charge in [0.05, 0.1) is 5.69 Å². The van der Waals surface area contributed by atoms with E-state index in [0.717, 1.165) is 12.0 Å². The fraction of sp³-hybridized carbons (Fsp3) is 0.462. The van der Waals surface area contributed by atoms with Crippen LogP contribution in [0.4, 0.5) is 10.1 Å². The van der Waals surface area contributed by atoms with E-state index in [1.54, 1.807) is 11.0 Å². The lowest BCUT2D eigenvalue weighted by molar-refractivity contribution is -0.120. The van der Waals surface area contributed by atoms with E-state index in [0.29, 0.717) is 18.8 Å². The van der Waals surface area contributed by atoms with Crippen molar-refractivity contribution in [2.24, 2.45) is 0 Å². The molecule has 1 aliphatic rings. The highest BCUT2D eigenvalue weighted by Gasteiger charge is 2.36. The summed E-state index contributed by atoms with van der Waals surface area (Å²) in [5.41, 5.74) is 1.59. The van der Waals surface area contributed by atoms with Gasteiger partial charge in [-0.15, -0.1) is 0 Å². The van der Waals surface area contributed by atoms with Crippen molar-refractivity contribution in [3.8, 4) is 0 Å². The van der Waals surface area contributed by atoms with Crippen LogP contribution in [-0.2, 0) is 4.79 Å². The first-order valence-electron chi connectivity index (χ1n) is 6.03. The highest BCUT2D eigenvalue weighted by atomic mass is 19.1. The van der Waals surface area contributed by atoms with Crippen LogP contribution in [0.5, 0.6) is 0 Å². The normalized spacial score (nSPS) is 18.6. The average Bonchev–Trinajstić information content (AvgIpc) is 2.55. The minimum Gasteiger partial charge on any atom is -0.310 e. The highest BCUT2D eigenvalue weighted by Crippen LogP contribution is 2.36. The van der Waals surface area contributed by atoms with Gasteiger partial charge in [-0.05, 0) is 25.1 Å². The van der Waals surface area contributed by atoms with Crippen molar-refractivity contribution < 1.29 is 9.18 Å². The van der Waals surface area contributed by atoms with Crippen LogP contribution < -0.4 is 10.2 Å². The molecule has 2 rings (SSSR count). The molecule has 1 aromatic carbocycles. The lowest BCUT2D eigenvalue weighted by atomic mass is 10.1. The Kier molecular flexibility index (Phi) is 3.43. The zero-order valence-corrected chi connectivity index (χ0v) is 10.2. The van der Waals surface area contributed by atoms with E-state index >= 15 is 0 Å². The molecule has 1 N–H and O–H groups in total. The van der Waals surface area contributed by atoms with Gasteiger partial charge in [0.2, 0.25) is 5.91 Å². The van der Waals surface area contributed by atoms with Crippen LogP contribution in [0.3, 0.4) is 0 Å². The molecule has 92 valence electrons. The molecule has 0 spiro atoms. The summed E-state index contributed by atoms with van der Waals surface area (Å²) in [5.74, 6) is -0.274. The minimum atomic E-state index is -0.317. The number of carbonyl (C=O) groups is 1. The Bertz CT molecular complexity index is 433. The van der Waals surface area contributed by atoms with E-state index < -0.39 is 0 Å². The van der Waals surface area contributed by atoms with E-state index in [9.17, 15) is 9.18 Å². The topological polar surface area (TPSA) is 32.3 Å². The SMILES string of the molecule is CCCN1C(=O)C(NCC)c2ccc(F)cc21. The number of fused-ring (bicyclic) bond motifs is 1. The maximum Gasteiger partial charge on any atom is 0.248 e. The molecule has 1 heterocycles. The second-order valence-electron chi connectivity index (χ2n) is 4.18. The molecule has 0 fully saturated rings. The Balaban J connectivity index is 2.41. The fourth-order valence-corrected chi connectivity index (χ4v) is 2.26. The predicted molar refractivity (Wildman–Crippen MR) is 65.5 cm³/mol. The van der Waals surface area contributed by atoms with Gasteiger partial charge in [-0.3, -0.25) is 4.79 Å². The van der Waals surface area contributed by atoms with Crippen molar-refractivity contribution in [2.45, 2.75) is 26.3 Å². The first-order valence-corrected chi connectivity index (χ1v) is 6.03. The molecule has 0 aliphatic carbocycles. The third-order valence-corrected chi connectivity index (χ3v) is 2.96. The molecule has 1 aliphatic heterocycles. The summed E-state index contributed by atoms with van der Waals surface area (Å²) in [6.45, 7) is 5.32. The molecule has 1 aromatic rings. The predicted octanol–water partition coefficient (Wildman–Crippen LogP) is 2.23. The first kappa shape index (κ1) is 12.0. The number of hydrogen-bond donors (Lipinski definition) is 1. The molecular formula is C13H17FN2O. The van der Waals surface area contributed by atoms with Crippen LogP contribution in [0, 0.1) is 5.82 Å². The monoisotopic (exact) mass is 236 g/mol. The van der Waals surface area contributed by atoms with Crippen LogP contribution in [0.1, 0.15) is 31.9 Å². The number of likely N-dealkylation sites (N-methyl/N-ethyl adjacent to an activating group) is 1. The Morgan fingerprint density at radius 1 is 1.41 bits per heavy atom. The van der Waals surface area contributed by atoms with Crippen molar-refractivity contribution in [3.05, 3.63) is 29.6 Å². The molecule has 0 saturated carbocycles. The molecule has 0 saturated heterocycles. The van der Waals surface area contributed by atoms with Crippen LogP contribution in [0.25, 0.3) is 0 Å². The van der Waals surface area contributed by atoms with Crippen molar-refractivity contribution in [2.75, 3.05) is 18.0 Å². The van der Waals surface area contributed by atoms with Crippen molar-refractivity contribution in [1.82, 2.24) is 5.32 Å². The smallest absolute Gasteiger partial charge is 0.248 e. The largest absolute Gasteiger partial charge is 0.310 e. The quantitative estimate of drug-likeness (QED) is 0.869. The van der Waals surface area contributed by atoms with Gasteiger partial charge in [-0.1, -0.05) is 19.9 Å². The summed E-state index contributed by atoms with van der Waals surface area (Å²) >= 11 is 0. The summed E-state index contributed by atoms with van der Waals surface area (Å²) in [6.07, 6.45) is 0.862. The number of anilines is 1. The van der Waals surface area contributed by atoms with E-state index in [4.69, 9.17) is 0 Å². The molecule has 1 atom stereocenters. The molecule has 1 amide bonds. The molecule has 0 radical (unpaired) electrons. The van der Waals surface area contributed by atoms with Gasteiger partial charge in [-0.2, -0.15) is 0 Å². The van der Waals surface area contributed by atoms with Crippen molar-refractivity contribution in [3.63, 3.8) is 0 Å². The van der Waals surface area contributed by atoms with Crippen LogP contribution in [-0.4, -0.2) is 19.0 Å². The molecule has 4 heteroatoms. The third-order valence-electron chi connectivity index (χ3n) is 2.96. The summed E-state index contributed by atoms with van der Waals surface area (Å²) < 4.78 is 13.3. The number of benzene rings is 1. The standard InChI is InChI=1S/C13H17FN2O/c1-3-7-16-11-8-9(14)5-6-10(11)12(13(16)17)15-4-2/h5-6,8,12,15H,3-4,7H2,1-2H3. The Morgan fingerprint density at radius 3 is 2.82 bits per heavy atom. The van der Waals surface area contributed by atoms with E-state index in [1.165, 1.54) is 12.1 Å². The van der Waals surface area contributed by atoms with Gasteiger partial charge in [0.1, 0.15) is 11.9 Å². The number of hydrogen-bond acceptors (Lipinski definition) is 2. The van der Waals surface area contributed by atoms with Crippen LogP contribution >= 0.6 is 0 Å². The lowest BCUT2D eigenvalue weighted by Gasteiger charge is -2.16. The molecule has 3 nitrogen and oxygen atoms in total. The second-order valence-corrected chi connectivity index (χ2v) is 4.18. The van der Waals surface area contributed by atoms with Gasteiger partial charge >= 0.3 is 0 Å². The number of halogens is 1. The van der Waals surface area contributed by atoms with Gasteiger partial charge in [-0.25, -0.2) is 4.39 Å². The van der Waals surface area contributed by atoms with Gasteiger partial charge in [0, 0.05) is 12.1 Å². The highest BCUT2D eigenvalue weighted by molar-refractivity contribution is 6.04. The van der Waals surface area contributed by atoms with Crippen LogP contribution in [0.2, 0.25) is 0 Å². The molecule has 0 aromatic heterocycles. The fourth-order valence-electron chi connectivity index (χ4n) is 2.26. The van der Waals surface area contributed by atoms with Gasteiger partial charge in [0.25, 0.3) is 0 Å². The van der Waals surface area contributed by atoms with Crippen LogP contribution in [0.15, 0.2) is 18.2 Å². The zero-order chi connectivity index (χ0) is 12.4. The van der Waals surface area contributed by atoms with Gasteiger partial charge < -0.3 is 10.2 Å². The molecule has 0 bridgehead atoms. The summed E-state index contributed by atoms with van der Waals surface area (Å²) in [7, 11) is 0. The van der Waals surface area contributed by atoms with E-state index in [1.807, 2.05) is 13.8 Å². The third kappa shape index (κ3) is 2.05. The summed E-state index contributed by atoms with van der Waals surface area (Å²) in [4.78, 5) is 13.9. The molecule has 1 unspecified atom stereocenters. The first-order chi connectivity index (χ1) is 8.19. The zero-order valence-electron chi connectivity index (χ0n) is 10.2. The number of nitrogens with one attached hydrogen (secondary N) is 1. The Hall–Kier alpha value is -1.42. The maximum atomic E-state index is 13.3. The van der Waals surface area contributed by atoms with E-state index in [-0.39, 0.29) is 17.8 Å². The number of carbonyl (C=O) groups excluding carboxylic acids is 1. The van der Waals surface area contributed by atoms with E-state index in [2.05, 4.69) is 5.32 Å². The number of amides is 1. The van der Waals surface area contributed by atoms with Gasteiger partial charge in [0.15, 0.2) is 0 Å². The summed E-state index contributed by atoms with van der Waals surface area (Å²) in [5, 5.41) is 3.14. The van der Waals surface area contributed by atoms with Crippen molar-refractivity contribution >= 4 is 11.6 Å². The Labute approximate surface area is 101 Å². The summed E-state index contributed by atoms with van der Waals surface area (Å²) in [6, 6.07) is 4.24. The maximum absolute atomic E-state index is 13.3. The minimum absolute atomic E-state index is 0.0225. The average molecular weight is 236 g/mol. The lowest BCUT2D eigenvalue weighted by Crippen LogP contribution is -2.35. The number of rotatable bonds is 4. The van der Waals surface area contributed by atoms with Crippen molar-refractivity contribution in [1.29, 1.82) is 0 Å². The Morgan fingerprint density at radius 2 is 2.18 bits per heavy atom.